The highest BCUT2D eigenvalue weighted by Gasteiger charge is 2.50. The maximum atomic E-state index is 12.9. The zero-order valence-corrected chi connectivity index (χ0v) is 13.4. The van der Waals surface area contributed by atoms with Crippen molar-refractivity contribution in [2.24, 2.45) is 5.92 Å². The largest absolute Gasteiger partial charge is 0.469 e. The average molecular weight is 325 g/mol. The summed E-state index contributed by atoms with van der Waals surface area (Å²) in [5.41, 5.74) is 1.12. The molecule has 0 amide bonds. The predicted molar refractivity (Wildman–Crippen MR) is 83.8 cm³/mol. The van der Waals surface area contributed by atoms with Gasteiger partial charge >= 0.3 is 5.97 Å². The number of hydrogen-bond donors (Lipinski definition) is 0. The van der Waals surface area contributed by atoms with Crippen molar-refractivity contribution in [2.75, 3.05) is 20.3 Å². The second-order valence-electron chi connectivity index (χ2n) is 6.17. The highest BCUT2D eigenvalue weighted by molar-refractivity contribution is 6.30. The monoisotopic (exact) mass is 324 g/mol. The van der Waals surface area contributed by atoms with E-state index in [1.165, 1.54) is 7.11 Å². The summed E-state index contributed by atoms with van der Waals surface area (Å²) in [5, 5.41) is 0.691. The molecular formula is C17H21ClFNO2. The summed E-state index contributed by atoms with van der Waals surface area (Å²) in [4.78, 5) is 14.6. The van der Waals surface area contributed by atoms with E-state index in [0.29, 0.717) is 17.6 Å². The van der Waals surface area contributed by atoms with Crippen LogP contribution in [0.5, 0.6) is 0 Å². The molecule has 120 valence electrons. The number of alkyl halides is 1. The van der Waals surface area contributed by atoms with E-state index in [0.717, 1.165) is 24.8 Å². The molecule has 1 aromatic rings. The van der Waals surface area contributed by atoms with Crippen molar-refractivity contribution in [3.8, 4) is 0 Å². The van der Waals surface area contributed by atoms with Gasteiger partial charge in [-0.3, -0.25) is 9.69 Å². The lowest BCUT2D eigenvalue weighted by molar-refractivity contribution is -0.150. The van der Waals surface area contributed by atoms with Gasteiger partial charge in [0, 0.05) is 29.6 Å². The van der Waals surface area contributed by atoms with E-state index in [1.54, 1.807) is 0 Å². The van der Waals surface area contributed by atoms with Crippen LogP contribution in [0.1, 0.15) is 30.7 Å². The first-order valence-electron chi connectivity index (χ1n) is 7.80. The highest BCUT2D eigenvalue weighted by Crippen LogP contribution is 2.47. The van der Waals surface area contributed by atoms with Crippen LogP contribution in [0.15, 0.2) is 24.3 Å². The first kappa shape index (κ1) is 15.8. The number of nitrogens with zero attached hydrogens (tertiary/aromatic N) is 1. The van der Waals surface area contributed by atoms with Crippen molar-refractivity contribution >= 4 is 17.6 Å². The number of carbonyl (C=O) groups excluding carboxylic acids is 1. The summed E-state index contributed by atoms with van der Waals surface area (Å²) in [5.74, 6) is -0.288. The Hall–Kier alpha value is -1.13. The normalized spacial score (nSPS) is 31.2. The van der Waals surface area contributed by atoms with Gasteiger partial charge in [-0.2, -0.15) is 0 Å². The predicted octanol–water partition coefficient (Wildman–Crippen LogP) is 3.42. The Kier molecular flexibility index (Phi) is 4.69. The van der Waals surface area contributed by atoms with Crippen molar-refractivity contribution in [1.29, 1.82) is 0 Å². The van der Waals surface area contributed by atoms with Gasteiger partial charge in [-0.05, 0) is 37.0 Å². The third-order valence-electron chi connectivity index (χ3n) is 5.18. The van der Waals surface area contributed by atoms with Crippen molar-refractivity contribution in [3.05, 3.63) is 34.9 Å². The molecule has 4 unspecified atom stereocenters. The minimum atomic E-state index is -0.369. The Morgan fingerprint density at radius 3 is 2.73 bits per heavy atom. The molecule has 2 aliphatic rings. The van der Waals surface area contributed by atoms with Crippen molar-refractivity contribution < 1.29 is 13.9 Å². The molecule has 0 radical (unpaired) electrons. The van der Waals surface area contributed by atoms with Crippen LogP contribution in [0.4, 0.5) is 4.39 Å². The van der Waals surface area contributed by atoms with E-state index in [9.17, 15) is 9.18 Å². The third kappa shape index (κ3) is 2.74. The van der Waals surface area contributed by atoms with E-state index in [-0.39, 0.29) is 30.5 Å². The Balaban J connectivity index is 1.92. The topological polar surface area (TPSA) is 29.5 Å². The summed E-state index contributed by atoms with van der Waals surface area (Å²) < 4.78 is 17.9. The molecule has 0 saturated carbocycles. The van der Waals surface area contributed by atoms with Crippen molar-refractivity contribution in [1.82, 2.24) is 4.90 Å². The number of methoxy groups -OCH3 is 1. The number of piperidine rings is 1. The Morgan fingerprint density at radius 2 is 2.09 bits per heavy atom. The molecule has 3 nitrogen and oxygen atoms in total. The lowest BCUT2D eigenvalue weighted by atomic mass is 9.76. The number of carbonyl (C=O) groups is 1. The van der Waals surface area contributed by atoms with Gasteiger partial charge in [-0.1, -0.05) is 23.7 Å². The molecule has 0 spiro atoms. The van der Waals surface area contributed by atoms with Gasteiger partial charge < -0.3 is 4.74 Å². The molecule has 5 heteroatoms. The fourth-order valence-electron chi connectivity index (χ4n) is 4.27. The second-order valence-corrected chi connectivity index (χ2v) is 6.60. The van der Waals surface area contributed by atoms with E-state index in [4.69, 9.17) is 16.3 Å². The first-order valence-corrected chi connectivity index (χ1v) is 8.18. The minimum absolute atomic E-state index is 0.0858. The molecule has 0 N–H and O–H groups in total. The quantitative estimate of drug-likeness (QED) is 0.795. The number of fused-ring (bicyclic) bond motifs is 2. The standard InChI is InChI=1S/C17H21ClFNO2/c1-22-17(21)16-14(11-2-4-12(18)5-3-11)10-13-6-7-15(16)20(13)9-8-19/h2-5,13-16H,6-10H2,1H3/i19-1. The van der Waals surface area contributed by atoms with Gasteiger partial charge in [0.2, 0.25) is 0 Å². The maximum Gasteiger partial charge on any atom is 0.310 e. The van der Waals surface area contributed by atoms with E-state index >= 15 is 0 Å². The number of halogens is 2. The van der Waals surface area contributed by atoms with Crippen molar-refractivity contribution in [3.63, 3.8) is 0 Å². The SMILES string of the molecule is COC(=O)C1C(c2ccc(Cl)cc2)CC2CCC1N2CC[18F]. The molecule has 2 saturated heterocycles. The Morgan fingerprint density at radius 1 is 1.36 bits per heavy atom. The van der Waals surface area contributed by atoms with Crippen LogP contribution < -0.4 is 0 Å². The number of esters is 1. The fraction of sp³-hybridized carbons (Fsp3) is 0.588. The molecule has 2 bridgehead atoms. The molecular weight excluding hydrogens is 304 g/mol. The molecule has 2 fully saturated rings. The molecule has 0 aliphatic carbocycles. The molecule has 2 aliphatic heterocycles. The van der Waals surface area contributed by atoms with Gasteiger partial charge in [0.05, 0.1) is 13.0 Å². The lowest BCUT2D eigenvalue weighted by Gasteiger charge is -2.43. The van der Waals surface area contributed by atoms with Crippen LogP contribution in [0.25, 0.3) is 0 Å². The van der Waals surface area contributed by atoms with Crippen LogP contribution in [0, 0.1) is 5.92 Å². The number of rotatable bonds is 4. The molecule has 1 aromatic carbocycles. The minimum Gasteiger partial charge on any atom is -0.469 e. The smallest absolute Gasteiger partial charge is 0.310 e. The average Bonchev–Trinajstić information content (AvgIpc) is 2.80. The summed E-state index contributed by atoms with van der Waals surface area (Å²) in [6, 6.07) is 8.16. The molecule has 0 aromatic heterocycles. The Bertz CT molecular complexity index is 536. The van der Waals surface area contributed by atoms with Crippen LogP contribution in [0.2, 0.25) is 5.02 Å². The molecule has 4 atom stereocenters. The van der Waals surface area contributed by atoms with Crippen molar-refractivity contribution in [2.45, 2.75) is 37.3 Å². The maximum absolute atomic E-state index is 12.9. The third-order valence-corrected chi connectivity index (χ3v) is 5.43. The van der Waals surface area contributed by atoms with Gasteiger partial charge in [0.15, 0.2) is 0 Å². The lowest BCUT2D eigenvalue weighted by Crippen LogP contribution is -2.51. The summed E-state index contributed by atoms with van der Waals surface area (Å²) in [6.07, 6.45) is 2.84. The first-order chi connectivity index (χ1) is 10.7. The molecule has 3 rings (SSSR count). The fourth-order valence-corrected chi connectivity index (χ4v) is 4.40. The van der Waals surface area contributed by atoms with Crippen LogP contribution in [-0.2, 0) is 9.53 Å². The van der Waals surface area contributed by atoms with Crippen LogP contribution >= 0.6 is 11.6 Å². The molecule has 2 heterocycles. The number of hydrogen-bond acceptors (Lipinski definition) is 3. The zero-order chi connectivity index (χ0) is 15.7. The van der Waals surface area contributed by atoms with E-state index in [2.05, 4.69) is 4.90 Å². The van der Waals surface area contributed by atoms with Gasteiger partial charge in [0.25, 0.3) is 0 Å². The number of ether oxygens (including phenoxy) is 1. The molecule has 22 heavy (non-hydrogen) atoms. The van der Waals surface area contributed by atoms with E-state index in [1.807, 2.05) is 24.3 Å². The van der Waals surface area contributed by atoms with Gasteiger partial charge in [0.1, 0.15) is 6.67 Å². The van der Waals surface area contributed by atoms with Gasteiger partial charge in [-0.15, -0.1) is 0 Å². The van der Waals surface area contributed by atoms with Crippen LogP contribution in [-0.4, -0.2) is 43.3 Å². The summed E-state index contributed by atoms with van der Waals surface area (Å²) in [7, 11) is 1.43. The van der Waals surface area contributed by atoms with Gasteiger partial charge in [-0.25, -0.2) is 4.39 Å². The summed E-state index contributed by atoms with van der Waals surface area (Å²) in [6.45, 7) is 0.0443. The summed E-state index contributed by atoms with van der Waals surface area (Å²) >= 11 is 5.97. The Labute approximate surface area is 135 Å². The van der Waals surface area contributed by atoms with Crippen LogP contribution in [0.3, 0.4) is 0 Å². The zero-order valence-electron chi connectivity index (χ0n) is 12.7. The highest BCUT2D eigenvalue weighted by atomic mass is 35.5. The van der Waals surface area contributed by atoms with E-state index < -0.39 is 0 Å². The number of benzene rings is 1. The second kappa shape index (κ2) is 6.55.